The molecule has 1 rings (SSSR count). The molecule has 0 spiro atoms. The number of rotatable bonds is 1. The van der Waals surface area contributed by atoms with Crippen molar-refractivity contribution in [3.05, 3.63) is 24.3 Å². The second-order valence-corrected chi connectivity index (χ2v) is 1.38. The lowest BCUT2D eigenvalue weighted by Crippen LogP contribution is -1.87. The van der Waals surface area contributed by atoms with E-state index < -0.39 is 0 Å². The highest BCUT2D eigenvalue weighted by Gasteiger charge is 1.98. The lowest BCUT2D eigenvalue weighted by Gasteiger charge is -1.82. The monoisotopic (exact) mass is 93.0 g/mol. The van der Waals surface area contributed by atoms with Crippen LogP contribution in [0.5, 0.6) is 0 Å². The van der Waals surface area contributed by atoms with Crippen molar-refractivity contribution in [2.24, 2.45) is 5.92 Å². The number of carbonyl (C=O) groups excluding carboxylic acids is 1. The van der Waals surface area contributed by atoms with Crippen LogP contribution in [-0.2, 0) is 4.79 Å². The third-order valence-electron chi connectivity index (χ3n) is 0.850. The molecule has 0 aromatic carbocycles. The zero-order chi connectivity index (χ0) is 5.11. The topological polar surface area (TPSA) is 17.1 Å². The third kappa shape index (κ3) is 0.769. The van der Waals surface area contributed by atoms with Crippen LogP contribution < -0.4 is 0 Å². The molecule has 1 atom stereocenters. The molecule has 35 valence electrons. The summed E-state index contributed by atoms with van der Waals surface area (Å²) in [5, 5.41) is 0. The van der Waals surface area contributed by atoms with Gasteiger partial charge in [0.1, 0.15) is 6.29 Å². The molecule has 1 unspecified atom stereocenters. The summed E-state index contributed by atoms with van der Waals surface area (Å²) >= 11 is 0. The summed E-state index contributed by atoms with van der Waals surface area (Å²) in [5.74, 6) is -0.0694. The van der Waals surface area contributed by atoms with E-state index in [0.29, 0.717) is 0 Å². The van der Waals surface area contributed by atoms with Gasteiger partial charge < -0.3 is 4.79 Å². The average Bonchev–Trinajstić information content (AvgIpc) is 2.14. The molecule has 0 N–H and O–H groups in total. The standard InChI is InChI=1S/C6H5O/c7-5-6-3-1-2-4-6/h1-3,5-6H. The Labute approximate surface area is 42.3 Å². The molecule has 0 fully saturated rings. The van der Waals surface area contributed by atoms with Gasteiger partial charge in [-0.05, 0) is 6.08 Å². The van der Waals surface area contributed by atoms with Gasteiger partial charge >= 0.3 is 0 Å². The first-order chi connectivity index (χ1) is 3.43. The number of hydrogen-bond acceptors (Lipinski definition) is 1. The third-order valence-corrected chi connectivity index (χ3v) is 0.850. The first-order valence-electron chi connectivity index (χ1n) is 2.15. The number of allylic oxidation sites excluding steroid dienone is 4. The van der Waals surface area contributed by atoms with Gasteiger partial charge in [0.25, 0.3) is 0 Å². The summed E-state index contributed by atoms with van der Waals surface area (Å²) in [7, 11) is 0. The van der Waals surface area contributed by atoms with Gasteiger partial charge in [0.2, 0.25) is 0 Å². The zero-order valence-electron chi connectivity index (χ0n) is 3.79. The Balaban J connectivity index is 2.59. The van der Waals surface area contributed by atoms with E-state index in [4.69, 9.17) is 0 Å². The van der Waals surface area contributed by atoms with Crippen LogP contribution in [0.1, 0.15) is 0 Å². The summed E-state index contributed by atoms with van der Waals surface area (Å²) in [6, 6.07) is 0. The van der Waals surface area contributed by atoms with Crippen LogP contribution in [0.2, 0.25) is 0 Å². The quantitative estimate of drug-likeness (QED) is 0.437. The minimum atomic E-state index is -0.0694. The first kappa shape index (κ1) is 4.31. The van der Waals surface area contributed by atoms with Gasteiger partial charge in [-0.25, -0.2) is 0 Å². The molecule has 0 aromatic heterocycles. The van der Waals surface area contributed by atoms with Crippen LogP contribution in [0.15, 0.2) is 18.2 Å². The summed E-state index contributed by atoms with van der Waals surface area (Å²) in [4.78, 5) is 9.87. The molecule has 0 bridgehead atoms. The SMILES string of the molecule is O=CC1[C]=CC=C1. The molecule has 0 amide bonds. The predicted octanol–water partition coefficient (Wildman–Crippen LogP) is 0.731. The van der Waals surface area contributed by atoms with E-state index in [1.165, 1.54) is 0 Å². The summed E-state index contributed by atoms with van der Waals surface area (Å²) in [6.45, 7) is 0. The molecule has 0 heterocycles. The van der Waals surface area contributed by atoms with Crippen molar-refractivity contribution in [3.8, 4) is 0 Å². The summed E-state index contributed by atoms with van der Waals surface area (Å²) < 4.78 is 0. The Morgan fingerprint density at radius 2 is 2.57 bits per heavy atom. The molecule has 1 nitrogen and oxygen atoms in total. The van der Waals surface area contributed by atoms with Gasteiger partial charge in [0.15, 0.2) is 0 Å². The molecule has 1 aliphatic rings. The van der Waals surface area contributed by atoms with E-state index in [9.17, 15) is 4.79 Å². The summed E-state index contributed by atoms with van der Waals surface area (Å²) in [5.41, 5.74) is 0. The van der Waals surface area contributed by atoms with E-state index in [1.807, 2.05) is 6.08 Å². The van der Waals surface area contributed by atoms with Crippen molar-refractivity contribution in [2.75, 3.05) is 0 Å². The van der Waals surface area contributed by atoms with E-state index in [2.05, 4.69) is 6.08 Å². The lowest BCUT2D eigenvalue weighted by molar-refractivity contribution is -0.109. The van der Waals surface area contributed by atoms with Gasteiger partial charge in [0.05, 0.1) is 5.92 Å². The van der Waals surface area contributed by atoms with Gasteiger partial charge in [0, 0.05) is 0 Å². The molecule has 1 radical (unpaired) electrons. The number of carbonyl (C=O) groups is 1. The van der Waals surface area contributed by atoms with Crippen LogP contribution in [0.4, 0.5) is 0 Å². The minimum Gasteiger partial charge on any atom is -0.302 e. The van der Waals surface area contributed by atoms with E-state index >= 15 is 0 Å². The smallest absolute Gasteiger partial charge is 0.131 e. The highest BCUT2D eigenvalue weighted by molar-refractivity contribution is 5.60. The van der Waals surface area contributed by atoms with Gasteiger partial charge in [-0.15, -0.1) is 0 Å². The molecular weight excluding hydrogens is 88.1 g/mol. The molecular formula is C6H5O. The maximum Gasteiger partial charge on any atom is 0.131 e. The number of aldehydes is 1. The number of hydrogen-bond donors (Lipinski definition) is 0. The predicted molar refractivity (Wildman–Crippen MR) is 26.5 cm³/mol. The molecule has 0 saturated carbocycles. The zero-order valence-corrected chi connectivity index (χ0v) is 3.79. The Morgan fingerprint density at radius 3 is 2.86 bits per heavy atom. The van der Waals surface area contributed by atoms with Gasteiger partial charge in [-0.3, -0.25) is 0 Å². The van der Waals surface area contributed by atoms with Crippen molar-refractivity contribution in [3.63, 3.8) is 0 Å². The largest absolute Gasteiger partial charge is 0.302 e. The summed E-state index contributed by atoms with van der Waals surface area (Å²) in [6.07, 6.45) is 9.03. The Morgan fingerprint density at radius 1 is 1.71 bits per heavy atom. The van der Waals surface area contributed by atoms with E-state index in [1.54, 1.807) is 12.2 Å². The second kappa shape index (κ2) is 1.73. The fourth-order valence-corrected chi connectivity index (χ4v) is 0.482. The van der Waals surface area contributed by atoms with Crippen LogP contribution >= 0.6 is 0 Å². The van der Waals surface area contributed by atoms with Crippen molar-refractivity contribution in [1.29, 1.82) is 0 Å². The van der Waals surface area contributed by atoms with Crippen molar-refractivity contribution >= 4 is 6.29 Å². The lowest BCUT2D eigenvalue weighted by atomic mass is 10.2. The fourth-order valence-electron chi connectivity index (χ4n) is 0.482. The fraction of sp³-hybridized carbons (Fsp3) is 0.167. The minimum absolute atomic E-state index is 0.0694. The van der Waals surface area contributed by atoms with Crippen molar-refractivity contribution < 1.29 is 4.79 Å². The Hall–Kier alpha value is -0.850. The second-order valence-electron chi connectivity index (χ2n) is 1.38. The highest BCUT2D eigenvalue weighted by atomic mass is 16.1. The highest BCUT2D eigenvalue weighted by Crippen LogP contribution is 2.02. The maximum atomic E-state index is 9.87. The van der Waals surface area contributed by atoms with Crippen LogP contribution in [0, 0.1) is 12.0 Å². The van der Waals surface area contributed by atoms with Crippen molar-refractivity contribution in [2.45, 2.75) is 0 Å². The maximum absolute atomic E-state index is 9.87. The first-order valence-corrected chi connectivity index (χ1v) is 2.15. The van der Waals surface area contributed by atoms with E-state index in [0.717, 1.165) is 6.29 Å². The van der Waals surface area contributed by atoms with E-state index in [-0.39, 0.29) is 5.92 Å². The Bertz CT molecular complexity index is 110. The molecule has 7 heavy (non-hydrogen) atoms. The normalized spacial score (nSPS) is 18.3. The van der Waals surface area contributed by atoms with Crippen LogP contribution in [-0.4, -0.2) is 6.29 Å². The molecule has 1 heteroatoms. The van der Waals surface area contributed by atoms with Crippen LogP contribution in [0.25, 0.3) is 0 Å². The molecule has 1 aliphatic carbocycles. The molecule has 0 aliphatic heterocycles. The molecule has 0 aromatic rings. The average molecular weight is 93.1 g/mol. The molecule has 0 saturated heterocycles. The van der Waals surface area contributed by atoms with Gasteiger partial charge in [-0.1, -0.05) is 18.2 Å². The van der Waals surface area contributed by atoms with Crippen LogP contribution in [0.3, 0.4) is 0 Å². The Kier molecular flexibility index (Phi) is 1.07. The van der Waals surface area contributed by atoms with Crippen molar-refractivity contribution in [1.82, 2.24) is 0 Å². The van der Waals surface area contributed by atoms with Gasteiger partial charge in [-0.2, -0.15) is 0 Å².